The molecule has 0 spiro atoms. The summed E-state index contributed by atoms with van der Waals surface area (Å²) in [5.41, 5.74) is 1.68. The molecule has 1 N–H and O–H groups in total. The molecule has 0 radical (unpaired) electrons. The Labute approximate surface area is 193 Å². The van der Waals surface area contributed by atoms with Crippen molar-refractivity contribution in [1.82, 2.24) is 9.62 Å². The maximum Gasteiger partial charge on any atom is 0.308 e. The smallest absolute Gasteiger partial charge is 0.308 e. The maximum atomic E-state index is 13.3. The molecule has 176 valence electrons. The highest BCUT2D eigenvalue weighted by Gasteiger charge is 2.38. The molecule has 1 heterocycles. The third kappa shape index (κ3) is 5.42. The molecule has 9 heteroatoms. The zero-order valence-corrected chi connectivity index (χ0v) is 19.0. The van der Waals surface area contributed by atoms with Crippen LogP contribution in [-0.2, 0) is 30.8 Å². The summed E-state index contributed by atoms with van der Waals surface area (Å²) in [7, 11) is -3.98. The summed E-state index contributed by atoms with van der Waals surface area (Å²) in [4.78, 5) is 24.7. The summed E-state index contributed by atoms with van der Waals surface area (Å²) >= 11 is 0. The van der Waals surface area contributed by atoms with Gasteiger partial charge in [0.2, 0.25) is 10.0 Å². The molecule has 0 saturated heterocycles. The summed E-state index contributed by atoms with van der Waals surface area (Å²) in [5, 5.41) is 2.86. The van der Waals surface area contributed by atoms with Gasteiger partial charge in [0.15, 0.2) is 6.61 Å². The van der Waals surface area contributed by atoms with Crippen LogP contribution in [0.15, 0.2) is 53.4 Å². The number of ether oxygens (including phenoxy) is 1. The highest BCUT2D eigenvalue weighted by atomic mass is 32.2. The zero-order valence-electron chi connectivity index (χ0n) is 18.2. The standard InChI is InChI=1S/C24H27FN2O5S/c25-18-9-11-20(12-10-18)33(30,31)27-14-13-17-5-1-4-8-21(17)22(27)15-24(29)32-16-23(28)26-19-6-2-3-7-19/h1,4-5,8-12,19,22H,2-3,6-7,13-16H2,(H,26,28). The van der Waals surface area contributed by atoms with E-state index in [9.17, 15) is 22.4 Å². The topological polar surface area (TPSA) is 92.8 Å². The number of nitrogens with zero attached hydrogens (tertiary/aromatic N) is 1. The molecule has 1 aliphatic carbocycles. The monoisotopic (exact) mass is 474 g/mol. The van der Waals surface area contributed by atoms with Crippen molar-refractivity contribution in [1.29, 1.82) is 0 Å². The summed E-state index contributed by atoms with van der Waals surface area (Å²) in [6.45, 7) is -0.217. The van der Waals surface area contributed by atoms with Crippen LogP contribution in [0.4, 0.5) is 4.39 Å². The second kappa shape index (κ2) is 10.0. The number of nitrogens with one attached hydrogen (secondary N) is 1. The minimum absolute atomic E-state index is 0.0439. The van der Waals surface area contributed by atoms with Gasteiger partial charge in [-0.3, -0.25) is 9.59 Å². The first-order valence-corrected chi connectivity index (χ1v) is 12.6. The SMILES string of the molecule is O=C(COC(=O)CC1c2ccccc2CCN1S(=O)(=O)c1ccc(F)cc1)NC1CCCC1. The van der Waals surface area contributed by atoms with Crippen LogP contribution in [0, 0.1) is 5.82 Å². The minimum atomic E-state index is -3.98. The van der Waals surface area contributed by atoms with Gasteiger partial charge in [0.05, 0.1) is 17.4 Å². The first-order chi connectivity index (χ1) is 15.8. The molecule has 0 bridgehead atoms. The fourth-order valence-corrected chi connectivity index (χ4v) is 6.18. The van der Waals surface area contributed by atoms with Crippen LogP contribution in [0.5, 0.6) is 0 Å². The molecule has 2 aromatic rings. The number of carbonyl (C=O) groups is 2. The number of fused-ring (bicyclic) bond motifs is 1. The van der Waals surface area contributed by atoms with Gasteiger partial charge >= 0.3 is 5.97 Å². The Morgan fingerprint density at radius 3 is 2.48 bits per heavy atom. The van der Waals surface area contributed by atoms with E-state index in [2.05, 4.69) is 5.32 Å². The molecule has 1 saturated carbocycles. The van der Waals surface area contributed by atoms with E-state index >= 15 is 0 Å². The summed E-state index contributed by atoms with van der Waals surface area (Å²) in [6, 6.07) is 11.3. The molecule has 1 atom stereocenters. The van der Waals surface area contributed by atoms with E-state index in [0.717, 1.165) is 48.9 Å². The van der Waals surface area contributed by atoms with E-state index in [1.165, 1.54) is 16.4 Å². The Morgan fingerprint density at radius 2 is 1.76 bits per heavy atom. The van der Waals surface area contributed by atoms with Crippen LogP contribution in [-0.4, -0.2) is 43.8 Å². The van der Waals surface area contributed by atoms with E-state index in [0.29, 0.717) is 6.42 Å². The number of halogens is 1. The lowest BCUT2D eigenvalue weighted by molar-refractivity contribution is -0.149. The fraction of sp³-hybridized carbons (Fsp3) is 0.417. The average molecular weight is 475 g/mol. The van der Waals surface area contributed by atoms with Crippen LogP contribution in [0.1, 0.15) is 49.3 Å². The summed E-state index contributed by atoms with van der Waals surface area (Å²) < 4.78 is 46.5. The Bertz CT molecular complexity index is 1110. The quantitative estimate of drug-likeness (QED) is 0.623. The van der Waals surface area contributed by atoms with E-state index in [-0.39, 0.29) is 29.8 Å². The van der Waals surface area contributed by atoms with Crippen LogP contribution >= 0.6 is 0 Å². The molecule has 1 amide bonds. The van der Waals surface area contributed by atoms with Gasteiger partial charge < -0.3 is 10.1 Å². The molecule has 33 heavy (non-hydrogen) atoms. The minimum Gasteiger partial charge on any atom is -0.456 e. The fourth-order valence-electron chi connectivity index (χ4n) is 4.57. The molecular weight excluding hydrogens is 447 g/mol. The van der Waals surface area contributed by atoms with E-state index in [4.69, 9.17) is 4.74 Å². The molecule has 1 unspecified atom stereocenters. The Morgan fingerprint density at radius 1 is 1.06 bits per heavy atom. The molecule has 7 nitrogen and oxygen atoms in total. The number of sulfonamides is 1. The van der Waals surface area contributed by atoms with Crippen molar-refractivity contribution in [3.63, 3.8) is 0 Å². The zero-order chi connectivity index (χ0) is 23.4. The number of hydrogen-bond donors (Lipinski definition) is 1. The van der Waals surface area contributed by atoms with Gasteiger partial charge in [-0.1, -0.05) is 37.1 Å². The van der Waals surface area contributed by atoms with Gasteiger partial charge in [-0.15, -0.1) is 0 Å². The van der Waals surface area contributed by atoms with Gasteiger partial charge in [0, 0.05) is 12.6 Å². The van der Waals surface area contributed by atoms with E-state index < -0.39 is 34.5 Å². The number of amides is 1. The Balaban J connectivity index is 1.50. The van der Waals surface area contributed by atoms with Crippen LogP contribution < -0.4 is 5.32 Å². The molecular formula is C24H27FN2O5S. The van der Waals surface area contributed by atoms with Crippen molar-refractivity contribution in [2.75, 3.05) is 13.2 Å². The predicted molar refractivity (Wildman–Crippen MR) is 119 cm³/mol. The van der Waals surface area contributed by atoms with Gasteiger partial charge in [-0.2, -0.15) is 4.31 Å². The van der Waals surface area contributed by atoms with Crippen LogP contribution in [0.3, 0.4) is 0 Å². The van der Waals surface area contributed by atoms with Crippen molar-refractivity contribution >= 4 is 21.9 Å². The van der Waals surface area contributed by atoms with Crippen molar-refractivity contribution in [2.45, 2.75) is 55.5 Å². The third-order valence-corrected chi connectivity index (χ3v) is 8.15. The second-order valence-corrected chi connectivity index (χ2v) is 10.3. The average Bonchev–Trinajstić information content (AvgIpc) is 3.31. The molecule has 1 aliphatic heterocycles. The number of benzene rings is 2. The lowest BCUT2D eigenvalue weighted by Crippen LogP contribution is -2.41. The molecule has 0 aromatic heterocycles. The second-order valence-electron chi connectivity index (χ2n) is 8.45. The molecule has 4 rings (SSSR count). The summed E-state index contributed by atoms with van der Waals surface area (Å²) in [5.74, 6) is -1.54. The number of carbonyl (C=O) groups excluding carboxylic acids is 2. The lowest BCUT2D eigenvalue weighted by atomic mass is 9.92. The lowest BCUT2D eigenvalue weighted by Gasteiger charge is -2.36. The van der Waals surface area contributed by atoms with Gasteiger partial charge in [-0.05, 0) is 54.7 Å². The predicted octanol–water partition coefficient (Wildman–Crippen LogP) is 3.11. The highest BCUT2D eigenvalue weighted by molar-refractivity contribution is 7.89. The van der Waals surface area contributed by atoms with Gasteiger partial charge in [0.1, 0.15) is 5.82 Å². The Kier molecular flexibility index (Phi) is 7.09. The number of esters is 1. The Hall–Kier alpha value is -2.78. The largest absolute Gasteiger partial charge is 0.456 e. The first kappa shape index (κ1) is 23.4. The van der Waals surface area contributed by atoms with Crippen molar-refractivity contribution in [2.24, 2.45) is 0 Å². The van der Waals surface area contributed by atoms with Crippen molar-refractivity contribution in [3.8, 4) is 0 Å². The maximum absolute atomic E-state index is 13.3. The molecule has 2 aliphatic rings. The van der Waals surface area contributed by atoms with Crippen molar-refractivity contribution < 1.29 is 27.1 Å². The van der Waals surface area contributed by atoms with Crippen molar-refractivity contribution in [3.05, 3.63) is 65.5 Å². The van der Waals surface area contributed by atoms with Gasteiger partial charge in [-0.25, -0.2) is 12.8 Å². The molecule has 1 fully saturated rings. The van der Waals surface area contributed by atoms with Gasteiger partial charge in [0.25, 0.3) is 5.91 Å². The first-order valence-electron chi connectivity index (χ1n) is 11.1. The van der Waals surface area contributed by atoms with E-state index in [1.807, 2.05) is 12.1 Å². The molecule has 2 aromatic carbocycles. The number of hydrogen-bond acceptors (Lipinski definition) is 5. The van der Waals surface area contributed by atoms with Crippen LogP contribution in [0.25, 0.3) is 0 Å². The number of rotatable bonds is 7. The third-order valence-electron chi connectivity index (χ3n) is 6.23. The van der Waals surface area contributed by atoms with E-state index in [1.54, 1.807) is 12.1 Å². The summed E-state index contributed by atoms with van der Waals surface area (Å²) in [6.07, 6.45) is 4.26. The normalized spacial score (nSPS) is 19.1. The highest BCUT2D eigenvalue weighted by Crippen LogP contribution is 2.36. The van der Waals surface area contributed by atoms with Crippen LogP contribution in [0.2, 0.25) is 0 Å².